The van der Waals surface area contributed by atoms with E-state index < -0.39 is 0 Å². The summed E-state index contributed by atoms with van der Waals surface area (Å²) in [6, 6.07) is 33.7. The third-order valence-electron chi connectivity index (χ3n) is 19.6. The Balaban J connectivity index is 0.000000158. The van der Waals surface area contributed by atoms with Crippen molar-refractivity contribution in [2.75, 3.05) is 26.8 Å². The normalized spacial score (nSPS) is 26.5. The average molecular weight is 1100 g/mol. The van der Waals surface area contributed by atoms with Crippen molar-refractivity contribution in [3.63, 3.8) is 0 Å². The maximum atomic E-state index is 6.55. The number of rotatable bonds is 24. The molecule has 0 amide bonds. The number of benzene rings is 4. The zero-order chi connectivity index (χ0) is 57.5. The summed E-state index contributed by atoms with van der Waals surface area (Å²) in [6.45, 7) is 32.6. The quantitative estimate of drug-likeness (QED) is 0.0508. The molecule has 4 aromatic rings. The van der Waals surface area contributed by atoms with Crippen LogP contribution in [0.5, 0.6) is 23.0 Å². The second-order valence-electron chi connectivity index (χ2n) is 26.6. The first kappa shape index (κ1) is 63.5. The van der Waals surface area contributed by atoms with Crippen LogP contribution in [0.3, 0.4) is 0 Å². The second-order valence-corrected chi connectivity index (χ2v) is 26.6. The molecule has 0 spiro atoms. The van der Waals surface area contributed by atoms with E-state index in [0.717, 1.165) is 71.3 Å². The Morgan fingerprint density at radius 3 is 0.950 bits per heavy atom. The second kappa shape index (κ2) is 29.4. The number of ether oxygens (including phenoxy) is 8. The lowest BCUT2D eigenvalue weighted by atomic mass is 9.54. The van der Waals surface area contributed by atoms with Gasteiger partial charge < -0.3 is 37.9 Å². The van der Waals surface area contributed by atoms with Crippen LogP contribution in [0.2, 0.25) is 0 Å². The fraction of sp³-hybridized carbons (Fsp3) is 0.667. The molecule has 0 aliphatic heterocycles. The van der Waals surface area contributed by atoms with Crippen molar-refractivity contribution in [3.05, 3.63) is 119 Å². The van der Waals surface area contributed by atoms with Gasteiger partial charge in [0.1, 0.15) is 23.0 Å². The van der Waals surface area contributed by atoms with Gasteiger partial charge in [-0.3, -0.25) is 0 Å². The van der Waals surface area contributed by atoms with E-state index in [1.54, 1.807) is 0 Å². The fourth-order valence-corrected chi connectivity index (χ4v) is 14.5. The molecule has 8 bridgehead atoms. The molecule has 0 aromatic heterocycles. The zero-order valence-corrected chi connectivity index (χ0v) is 52.4. The highest BCUT2D eigenvalue weighted by Crippen LogP contribution is 2.59. The van der Waals surface area contributed by atoms with E-state index in [4.69, 9.17) is 37.9 Å². The molecule has 8 heteroatoms. The van der Waals surface area contributed by atoms with E-state index in [9.17, 15) is 0 Å². The van der Waals surface area contributed by atoms with Crippen molar-refractivity contribution in [3.8, 4) is 23.0 Å². The van der Waals surface area contributed by atoms with Crippen molar-refractivity contribution < 1.29 is 37.9 Å². The zero-order valence-electron chi connectivity index (χ0n) is 52.4. The van der Waals surface area contributed by atoms with Gasteiger partial charge in [-0.15, -0.1) is 0 Å². The van der Waals surface area contributed by atoms with Gasteiger partial charge in [0.05, 0.1) is 11.2 Å². The Bertz CT molecular complexity index is 2320. The van der Waals surface area contributed by atoms with Crippen molar-refractivity contribution in [1.29, 1.82) is 0 Å². The largest absolute Gasteiger partial charge is 0.468 e. The molecular formula is C72H108O8. The molecule has 4 aromatic carbocycles. The Hall–Kier alpha value is -4.08. The molecule has 8 nitrogen and oxygen atoms in total. The molecule has 0 N–H and O–H groups in total. The van der Waals surface area contributed by atoms with E-state index in [1.807, 2.05) is 38.1 Å². The highest BCUT2D eigenvalue weighted by molar-refractivity contribution is 5.33. The summed E-state index contributed by atoms with van der Waals surface area (Å²) in [5.74, 6) is 10.3. The van der Waals surface area contributed by atoms with E-state index >= 15 is 0 Å². The molecule has 4 unspecified atom stereocenters. The molecule has 4 atom stereocenters. The fourth-order valence-electron chi connectivity index (χ4n) is 14.5. The van der Waals surface area contributed by atoms with Crippen LogP contribution in [0.4, 0.5) is 0 Å². The summed E-state index contributed by atoms with van der Waals surface area (Å²) in [6.07, 6.45) is 20.6. The SMILES string of the molecule is CCC(C)(C)c1ccc(OC(C)OC23CC4CC(CC(C4)C2)C3)cc1.CCC(C)c1ccc(OC(C)OC23CC4CC(CC(C4)C2)C3)cc1.CCOCOc1ccc(C(C)(C)CC)cc1.CCOCOc1ccc(C(C)CC)cc1. The standard InChI is InChI=1S/C23H34O2.C22H32O2.C14H22O2.C13H20O2/c1-5-22(3,4)20-6-8-21(9-7-20)24-16(2)25-23-13-17-10-18(14-23)12-19(11-17)15-23;1-4-15(2)20-5-7-21(8-6-20)23-16(3)24-22-12-17-9-18(13-22)11-19(10-17)14-22;1-5-14(3,4)12-7-9-13(10-8-12)16-11-15-6-2;1-4-11(3)12-6-8-13(9-7-12)15-10-14-5-2/h6-9,16-19H,5,10-15H2,1-4H3;5-8,15-19H,4,9-14H2,1-3H3;7-10H,5-6,11H2,1-4H3;6-9,11H,4-5,10H2,1-3H3. The lowest BCUT2D eigenvalue weighted by Crippen LogP contribution is -2.53. The minimum Gasteiger partial charge on any atom is -0.468 e. The minimum absolute atomic E-state index is 0.109. The predicted octanol–water partition coefficient (Wildman–Crippen LogP) is 19.3. The van der Waals surface area contributed by atoms with Crippen LogP contribution in [0.1, 0.15) is 234 Å². The van der Waals surface area contributed by atoms with E-state index in [-0.39, 0.29) is 34.6 Å². The Kier molecular flexibility index (Phi) is 23.4. The van der Waals surface area contributed by atoms with Crippen LogP contribution in [0, 0.1) is 35.5 Å². The summed E-state index contributed by atoms with van der Waals surface area (Å²) in [5.41, 5.74) is 6.15. The van der Waals surface area contributed by atoms with Gasteiger partial charge in [0, 0.05) is 13.2 Å². The molecule has 0 saturated heterocycles. The van der Waals surface area contributed by atoms with Gasteiger partial charge in [0.25, 0.3) is 0 Å². The van der Waals surface area contributed by atoms with Crippen LogP contribution < -0.4 is 18.9 Å². The van der Waals surface area contributed by atoms with Crippen molar-refractivity contribution in [2.24, 2.45) is 35.5 Å². The van der Waals surface area contributed by atoms with Crippen molar-refractivity contribution in [1.82, 2.24) is 0 Å². The predicted molar refractivity (Wildman–Crippen MR) is 328 cm³/mol. The summed E-state index contributed by atoms with van der Waals surface area (Å²) < 4.78 is 46.4. The topological polar surface area (TPSA) is 73.8 Å². The van der Waals surface area contributed by atoms with Crippen LogP contribution in [0.15, 0.2) is 97.1 Å². The van der Waals surface area contributed by atoms with Crippen LogP contribution in [-0.2, 0) is 29.8 Å². The first-order chi connectivity index (χ1) is 38.3. The maximum absolute atomic E-state index is 6.55. The molecule has 12 rings (SSSR count). The molecule has 8 aliphatic rings. The van der Waals surface area contributed by atoms with Gasteiger partial charge in [-0.1, -0.05) is 118 Å². The Morgan fingerprint density at radius 2 is 0.675 bits per heavy atom. The molecular weight excluding hydrogens is 993 g/mol. The number of hydrogen-bond acceptors (Lipinski definition) is 8. The van der Waals surface area contributed by atoms with E-state index in [1.165, 1.54) is 112 Å². The highest BCUT2D eigenvalue weighted by Gasteiger charge is 2.53. The molecule has 0 radical (unpaired) electrons. The maximum Gasteiger partial charge on any atom is 0.197 e. The third-order valence-corrected chi connectivity index (χ3v) is 19.6. The summed E-state index contributed by atoms with van der Waals surface area (Å²) in [4.78, 5) is 0. The number of hydrogen-bond donors (Lipinski definition) is 0. The lowest BCUT2D eigenvalue weighted by molar-refractivity contribution is -0.226. The van der Waals surface area contributed by atoms with E-state index in [0.29, 0.717) is 38.6 Å². The van der Waals surface area contributed by atoms with E-state index in [2.05, 4.69) is 156 Å². The smallest absolute Gasteiger partial charge is 0.197 e. The molecule has 8 fully saturated rings. The molecule has 80 heavy (non-hydrogen) atoms. The van der Waals surface area contributed by atoms with Crippen molar-refractivity contribution >= 4 is 0 Å². The van der Waals surface area contributed by atoms with Gasteiger partial charge in [0.15, 0.2) is 26.2 Å². The van der Waals surface area contributed by atoms with Gasteiger partial charge in [-0.2, -0.15) is 0 Å². The molecule has 0 heterocycles. The summed E-state index contributed by atoms with van der Waals surface area (Å²) in [7, 11) is 0. The third kappa shape index (κ3) is 18.0. The first-order valence-corrected chi connectivity index (χ1v) is 31.8. The molecule has 8 aliphatic carbocycles. The van der Waals surface area contributed by atoms with Crippen LogP contribution >= 0.6 is 0 Å². The lowest BCUT2D eigenvalue weighted by Gasteiger charge is -2.56. The van der Waals surface area contributed by atoms with Gasteiger partial charge in [-0.05, 0) is 259 Å². The van der Waals surface area contributed by atoms with Crippen LogP contribution in [-0.4, -0.2) is 50.6 Å². The molecule has 8 saturated carbocycles. The van der Waals surface area contributed by atoms with Gasteiger partial charge in [-0.25, -0.2) is 0 Å². The van der Waals surface area contributed by atoms with Gasteiger partial charge >= 0.3 is 0 Å². The minimum atomic E-state index is -0.165. The molecule has 444 valence electrons. The monoisotopic (exact) mass is 1100 g/mol. The first-order valence-electron chi connectivity index (χ1n) is 31.8. The average Bonchev–Trinajstić information content (AvgIpc) is 3.48. The van der Waals surface area contributed by atoms with Gasteiger partial charge in [0.2, 0.25) is 0 Å². The summed E-state index contributed by atoms with van der Waals surface area (Å²) >= 11 is 0. The Labute approximate surface area is 486 Å². The van der Waals surface area contributed by atoms with Crippen molar-refractivity contribution in [2.45, 2.75) is 246 Å². The highest BCUT2D eigenvalue weighted by atomic mass is 16.7. The van der Waals surface area contributed by atoms with Crippen LogP contribution in [0.25, 0.3) is 0 Å². The summed E-state index contributed by atoms with van der Waals surface area (Å²) in [5, 5.41) is 0. The Morgan fingerprint density at radius 1 is 0.400 bits per heavy atom.